The fourth-order valence-electron chi connectivity index (χ4n) is 3.09. The van der Waals surface area contributed by atoms with Crippen molar-refractivity contribution in [3.63, 3.8) is 0 Å². The van der Waals surface area contributed by atoms with Crippen molar-refractivity contribution in [2.75, 3.05) is 19.8 Å². The minimum absolute atomic E-state index is 0. The standard InChI is InChI=1S/C13H26O2S.C5H10.2CH3.Fe/c1-13(2,3)16-12-7-4-6-11(12)10-15-9-5-8-14;1-2-4-5-3-1;;;/h11-12,14H,4-10H2,1-3H3;1-5H2;2*1H3;/q;;2*-1;+2. The second-order valence-electron chi connectivity index (χ2n) is 7.38. The number of hydrogen-bond donors (Lipinski definition) is 1. The molecule has 0 radical (unpaired) electrons. The predicted octanol–water partition coefficient (Wildman–Crippen LogP) is 5.93. The second-order valence-corrected chi connectivity index (χ2v) is 9.45. The molecule has 0 heterocycles. The third kappa shape index (κ3) is 15.1. The molecule has 2 nitrogen and oxygen atoms in total. The number of hydrogen-bond acceptors (Lipinski definition) is 3. The smallest absolute Gasteiger partial charge is 0.396 e. The zero-order valence-electron chi connectivity index (χ0n) is 16.8. The molecular formula is C20H42FeO2S. The molecule has 0 bridgehead atoms. The van der Waals surface area contributed by atoms with Crippen LogP contribution in [-0.4, -0.2) is 34.9 Å². The van der Waals surface area contributed by atoms with Crippen LogP contribution in [0, 0.1) is 20.8 Å². The van der Waals surface area contributed by atoms with E-state index < -0.39 is 0 Å². The molecule has 148 valence electrons. The largest absolute Gasteiger partial charge is 2.00 e. The molecule has 2 unspecified atom stereocenters. The maximum absolute atomic E-state index is 8.68. The Hall–Kier alpha value is 0.789. The number of ether oxygens (including phenoxy) is 1. The Labute approximate surface area is 167 Å². The van der Waals surface area contributed by atoms with Gasteiger partial charge >= 0.3 is 17.1 Å². The number of rotatable bonds is 6. The van der Waals surface area contributed by atoms with Gasteiger partial charge in [0.05, 0.1) is 6.61 Å². The molecule has 2 saturated carbocycles. The van der Waals surface area contributed by atoms with E-state index in [-0.39, 0.29) is 38.5 Å². The molecule has 1 N–H and O–H groups in total. The Morgan fingerprint density at radius 1 is 0.958 bits per heavy atom. The summed E-state index contributed by atoms with van der Waals surface area (Å²) < 4.78 is 5.99. The van der Waals surface area contributed by atoms with Crippen molar-refractivity contribution in [2.45, 2.75) is 88.6 Å². The van der Waals surface area contributed by atoms with Crippen LogP contribution in [0.2, 0.25) is 0 Å². The molecule has 2 aliphatic rings. The fourth-order valence-corrected chi connectivity index (χ4v) is 4.69. The van der Waals surface area contributed by atoms with Gasteiger partial charge in [0.25, 0.3) is 0 Å². The van der Waals surface area contributed by atoms with Gasteiger partial charge in [0.1, 0.15) is 0 Å². The van der Waals surface area contributed by atoms with Gasteiger partial charge in [0.2, 0.25) is 0 Å². The Balaban J connectivity index is -0.000000475. The molecule has 2 atom stereocenters. The van der Waals surface area contributed by atoms with Crippen LogP contribution in [-0.2, 0) is 21.8 Å². The van der Waals surface area contributed by atoms with Crippen molar-refractivity contribution in [3.05, 3.63) is 14.9 Å². The molecule has 0 aromatic rings. The van der Waals surface area contributed by atoms with Crippen molar-refractivity contribution in [1.82, 2.24) is 0 Å². The Kier molecular flexibility index (Phi) is 21.2. The first kappa shape index (κ1) is 29.5. The quantitative estimate of drug-likeness (QED) is 0.339. The Bertz CT molecular complexity index is 245. The molecule has 2 rings (SSSR count). The first-order chi connectivity index (χ1) is 10.0. The van der Waals surface area contributed by atoms with E-state index >= 15 is 0 Å². The maximum atomic E-state index is 8.68. The summed E-state index contributed by atoms with van der Waals surface area (Å²) in [4.78, 5) is 0. The normalized spacial score (nSPS) is 22.5. The first-order valence-corrected chi connectivity index (χ1v) is 9.77. The Morgan fingerprint density at radius 3 is 1.96 bits per heavy atom. The first-order valence-electron chi connectivity index (χ1n) is 8.89. The summed E-state index contributed by atoms with van der Waals surface area (Å²) >= 11 is 2.11. The van der Waals surface area contributed by atoms with Crippen LogP contribution in [0.4, 0.5) is 0 Å². The van der Waals surface area contributed by atoms with Crippen molar-refractivity contribution >= 4 is 11.8 Å². The Morgan fingerprint density at radius 2 is 1.50 bits per heavy atom. The van der Waals surface area contributed by atoms with Gasteiger partial charge in [-0.2, -0.15) is 11.8 Å². The third-order valence-corrected chi connectivity index (χ3v) is 5.75. The fraction of sp³-hybridized carbons (Fsp3) is 0.900. The van der Waals surface area contributed by atoms with E-state index in [1.807, 2.05) is 0 Å². The van der Waals surface area contributed by atoms with Gasteiger partial charge in [0, 0.05) is 23.2 Å². The van der Waals surface area contributed by atoms with Crippen LogP contribution in [0.25, 0.3) is 0 Å². The summed E-state index contributed by atoms with van der Waals surface area (Å²) in [7, 11) is 0. The van der Waals surface area contributed by atoms with Crippen molar-refractivity contribution in [2.24, 2.45) is 5.92 Å². The van der Waals surface area contributed by atoms with Crippen molar-refractivity contribution in [1.29, 1.82) is 0 Å². The van der Waals surface area contributed by atoms with Crippen LogP contribution < -0.4 is 0 Å². The summed E-state index contributed by atoms with van der Waals surface area (Å²) in [6, 6.07) is 0. The van der Waals surface area contributed by atoms with E-state index in [0.717, 1.165) is 24.2 Å². The molecule has 2 fully saturated rings. The van der Waals surface area contributed by atoms with Crippen molar-refractivity contribution in [3.8, 4) is 0 Å². The van der Waals surface area contributed by atoms with Crippen LogP contribution in [0.15, 0.2) is 0 Å². The van der Waals surface area contributed by atoms with Crippen LogP contribution in [0.1, 0.15) is 78.6 Å². The average molecular weight is 402 g/mol. The monoisotopic (exact) mass is 402 g/mol. The zero-order chi connectivity index (χ0) is 15.6. The van der Waals surface area contributed by atoms with Gasteiger partial charge in [-0.05, 0) is 25.2 Å². The molecule has 4 heteroatoms. The maximum Gasteiger partial charge on any atom is 2.00 e. The van der Waals surface area contributed by atoms with E-state index in [2.05, 4.69) is 32.5 Å². The van der Waals surface area contributed by atoms with Gasteiger partial charge in [-0.1, -0.05) is 59.3 Å². The van der Waals surface area contributed by atoms with Gasteiger partial charge in [-0.15, -0.1) is 0 Å². The minimum Gasteiger partial charge on any atom is -0.396 e. The molecule has 0 amide bonds. The molecule has 0 saturated heterocycles. The molecule has 24 heavy (non-hydrogen) atoms. The topological polar surface area (TPSA) is 29.5 Å². The summed E-state index contributed by atoms with van der Waals surface area (Å²) in [6.45, 7) is 8.71. The van der Waals surface area contributed by atoms with Crippen LogP contribution in [0.3, 0.4) is 0 Å². The van der Waals surface area contributed by atoms with Gasteiger partial charge < -0.3 is 24.7 Å². The number of aliphatic hydroxyl groups is 1. The summed E-state index contributed by atoms with van der Waals surface area (Å²) in [5, 5.41) is 9.45. The third-order valence-electron chi connectivity index (χ3n) is 4.12. The van der Waals surface area contributed by atoms with Gasteiger partial charge in [-0.3, -0.25) is 0 Å². The predicted molar refractivity (Wildman–Crippen MR) is 107 cm³/mol. The van der Waals surface area contributed by atoms with E-state index in [1.54, 1.807) is 0 Å². The molecule has 2 aliphatic carbocycles. The summed E-state index contributed by atoms with van der Waals surface area (Å²) in [6.07, 6.45) is 12.3. The zero-order valence-corrected chi connectivity index (χ0v) is 18.7. The second kappa shape index (κ2) is 17.2. The minimum atomic E-state index is 0. The average Bonchev–Trinajstić information content (AvgIpc) is 3.07. The van der Waals surface area contributed by atoms with Gasteiger partial charge in [0.15, 0.2) is 0 Å². The molecule has 0 spiro atoms. The molecular weight excluding hydrogens is 360 g/mol. The van der Waals surface area contributed by atoms with Crippen molar-refractivity contribution < 1.29 is 26.9 Å². The molecule has 0 aromatic carbocycles. The van der Waals surface area contributed by atoms with E-state index in [4.69, 9.17) is 9.84 Å². The van der Waals surface area contributed by atoms with E-state index in [1.165, 1.54) is 51.4 Å². The molecule has 0 aliphatic heterocycles. The van der Waals surface area contributed by atoms with E-state index in [0.29, 0.717) is 11.4 Å². The molecule has 0 aromatic heterocycles. The summed E-state index contributed by atoms with van der Waals surface area (Å²) in [5.41, 5.74) is 0. The van der Waals surface area contributed by atoms with Crippen LogP contribution in [0.5, 0.6) is 0 Å². The number of thioether (sulfide) groups is 1. The number of aliphatic hydroxyl groups excluding tert-OH is 1. The van der Waals surface area contributed by atoms with Crippen LogP contribution >= 0.6 is 11.8 Å². The van der Waals surface area contributed by atoms with E-state index in [9.17, 15) is 0 Å². The van der Waals surface area contributed by atoms with Gasteiger partial charge in [-0.25, -0.2) is 0 Å². The SMILES string of the molecule is C1CCCC1.CC(C)(C)SC1CCCC1COCCCO.[CH3-].[CH3-].[Fe+2]. The summed E-state index contributed by atoms with van der Waals surface area (Å²) in [5.74, 6) is 0.725.